The van der Waals surface area contributed by atoms with Crippen molar-refractivity contribution >= 4 is 11.7 Å². The van der Waals surface area contributed by atoms with Gasteiger partial charge in [0.1, 0.15) is 5.78 Å². The van der Waals surface area contributed by atoms with Gasteiger partial charge in [-0.1, -0.05) is 34.1 Å². The zero-order chi connectivity index (χ0) is 24.4. The second-order valence-corrected chi connectivity index (χ2v) is 15.3. The lowest BCUT2D eigenvalue weighted by molar-refractivity contribution is -0.140. The molecule has 5 saturated carbocycles. The maximum atomic E-state index is 13.9. The third-order valence-electron chi connectivity index (χ3n) is 14.4. The SMILES string of the molecule is CC1(C)C2CC[C@@]13CCN(CC(=O)[C@H]1CCC[C@H](C(=O)N4CC[C@@]56CCC(C[C@H]45)C6(C)C)C1)[C@H]3C2. The molecule has 4 bridgehead atoms. The molecular formula is C31H48N2O2. The molecule has 4 heteroatoms. The van der Waals surface area contributed by atoms with E-state index in [4.69, 9.17) is 0 Å². The van der Waals surface area contributed by atoms with Crippen molar-refractivity contribution < 1.29 is 9.59 Å². The quantitative estimate of drug-likeness (QED) is 0.519. The molecular weight excluding hydrogens is 432 g/mol. The monoisotopic (exact) mass is 480 g/mol. The highest BCUT2D eigenvalue weighted by molar-refractivity contribution is 5.85. The fourth-order valence-electron chi connectivity index (χ4n) is 11.9. The molecule has 35 heavy (non-hydrogen) atoms. The normalized spacial score (nSPS) is 49.0. The molecule has 0 N–H and O–H groups in total. The lowest BCUT2D eigenvalue weighted by atomic mass is 9.67. The van der Waals surface area contributed by atoms with Crippen LogP contribution in [0.3, 0.4) is 0 Å². The number of nitrogens with zero attached hydrogens (tertiary/aromatic N) is 2. The largest absolute Gasteiger partial charge is 0.339 e. The molecule has 2 saturated heterocycles. The Morgan fingerprint density at radius 1 is 0.714 bits per heavy atom. The maximum absolute atomic E-state index is 13.9. The predicted octanol–water partition coefficient (Wildman–Crippen LogP) is 5.69. The number of Topliss-reactive ketones (excluding diaryl/α,β-unsaturated/α-hetero) is 1. The molecule has 7 rings (SSSR count). The molecule has 8 atom stereocenters. The minimum absolute atomic E-state index is 0.0847. The predicted molar refractivity (Wildman–Crippen MR) is 138 cm³/mol. The summed E-state index contributed by atoms with van der Waals surface area (Å²) in [5.74, 6) is 2.68. The van der Waals surface area contributed by atoms with Gasteiger partial charge in [-0.05, 0) is 111 Å². The van der Waals surface area contributed by atoms with E-state index in [2.05, 4.69) is 37.5 Å². The highest BCUT2D eigenvalue weighted by Gasteiger charge is 2.69. The second-order valence-electron chi connectivity index (χ2n) is 15.3. The smallest absolute Gasteiger partial charge is 0.225 e. The Hall–Kier alpha value is -0.900. The van der Waals surface area contributed by atoms with Crippen molar-refractivity contribution in [2.24, 2.45) is 45.3 Å². The highest BCUT2D eigenvalue weighted by atomic mass is 16.2. The fourth-order valence-corrected chi connectivity index (χ4v) is 11.9. The molecule has 0 radical (unpaired) electrons. The summed E-state index contributed by atoms with van der Waals surface area (Å²) in [5.41, 5.74) is 1.67. The second kappa shape index (κ2) is 7.35. The molecule has 2 heterocycles. The summed E-state index contributed by atoms with van der Waals surface area (Å²) in [7, 11) is 0. The molecule has 4 nitrogen and oxygen atoms in total. The lowest BCUT2D eigenvalue weighted by Crippen LogP contribution is -2.47. The molecule has 2 unspecified atom stereocenters. The zero-order valence-electron chi connectivity index (χ0n) is 22.8. The Balaban J connectivity index is 1.01. The number of hydrogen-bond donors (Lipinski definition) is 0. The minimum Gasteiger partial charge on any atom is -0.339 e. The number of likely N-dealkylation sites (tertiary alicyclic amines) is 2. The average Bonchev–Trinajstić information content (AvgIpc) is 3.62. The number of hydrogen-bond acceptors (Lipinski definition) is 3. The minimum atomic E-state index is 0.0847. The summed E-state index contributed by atoms with van der Waals surface area (Å²) in [6, 6.07) is 1.10. The van der Waals surface area contributed by atoms with Gasteiger partial charge in [-0.25, -0.2) is 0 Å². The van der Waals surface area contributed by atoms with Crippen molar-refractivity contribution in [2.75, 3.05) is 19.6 Å². The van der Waals surface area contributed by atoms with Gasteiger partial charge in [0.25, 0.3) is 0 Å². The van der Waals surface area contributed by atoms with E-state index in [0.29, 0.717) is 52.0 Å². The van der Waals surface area contributed by atoms with Gasteiger partial charge in [0.05, 0.1) is 6.54 Å². The van der Waals surface area contributed by atoms with E-state index in [1.54, 1.807) is 0 Å². The highest BCUT2D eigenvalue weighted by Crippen LogP contribution is 2.71. The first-order valence-corrected chi connectivity index (χ1v) is 15.2. The number of carbonyl (C=O) groups excluding carboxylic acids is 2. The van der Waals surface area contributed by atoms with Crippen LogP contribution in [0.25, 0.3) is 0 Å². The first kappa shape index (κ1) is 23.2. The van der Waals surface area contributed by atoms with Crippen LogP contribution in [0.15, 0.2) is 0 Å². The summed E-state index contributed by atoms with van der Waals surface area (Å²) < 4.78 is 0. The number of ketones is 1. The average molecular weight is 481 g/mol. The zero-order valence-corrected chi connectivity index (χ0v) is 22.8. The van der Waals surface area contributed by atoms with Gasteiger partial charge >= 0.3 is 0 Å². The lowest BCUT2D eigenvalue weighted by Gasteiger charge is -2.40. The van der Waals surface area contributed by atoms with Crippen molar-refractivity contribution in [3.8, 4) is 0 Å². The molecule has 2 spiro atoms. The number of rotatable bonds is 4. The Morgan fingerprint density at radius 2 is 1.31 bits per heavy atom. The summed E-state index contributed by atoms with van der Waals surface area (Å²) in [5, 5.41) is 0. The van der Waals surface area contributed by atoms with Crippen LogP contribution in [0.2, 0.25) is 0 Å². The molecule has 194 valence electrons. The van der Waals surface area contributed by atoms with Crippen molar-refractivity contribution in [1.82, 2.24) is 9.80 Å². The van der Waals surface area contributed by atoms with Gasteiger partial charge in [0.15, 0.2) is 0 Å². The fraction of sp³-hybridized carbons (Fsp3) is 0.935. The summed E-state index contributed by atoms with van der Waals surface area (Å²) in [6.07, 6.45) is 14.3. The Labute approximate surface area is 212 Å². The van der Waals surface area contributed by atoms with E-state index in [1.165, 1.54) is 51.4 Å². The first-order chi connectivity index (χ1) is 16.6. The standard InChI is InChI=1S/C31H48N2O2/c1-28(2)22-8-10-30(28)12-14-32(25(30)17-22)19-24(34)20-6-5-7-21(16-20)27(35)33-15-13-31-11-9-23(18-26(31)33)29(31,3)4/h20-23,25-26H,5-19H2,1-4H3/t20-,21-,22?,23?,25-,26-,30-,31-/m0/s1. The van der Waals surface area contributed by atoms with Gasteiger partial charge in [-0.2, -0.15) is 0 Å². The molecule has 1 amide bonds. The van der Waals surface area contributed by atoms with Crippen LogP contribution in [-0.4, -0.2) is 53.2 Å². The topological polar surface area (TPSA) is 40.6 Å². The maximum Gasteiger partial charge on any atom is 0.225 e. The Bertz CT molecular complexity index is 940. The van der Waals surface area contributed by atoms with Crippen LogP contribution < -0.4 is 0 Å². The van der Waals surface area contributed by atoms with E-state index in [9.17, 15) is 9.59 Å². The Kier molecular flexibility index (Phi) is 4.88. The summed E-state index contributed by atoms with van der Waals surface area (Å²) >= 11 is 0. The molecule has 7 aliphatic rings. The van der Waals surface area contributed by atoms with E-state index in [1.807, 2.05) is 0 Å². The third-order valence-corrected chi connectivity index (χ3v) is 14.4. The van der Waals surface area contributed by atoms with Crippen LogP contribution in [0.5, 0.6) is 0 Å². The van der Waals surface area contributed by atoms with Gasteiger partial charge in [0.2, 0.25) is 5.91 Å². The third kappa shape index (κ3) is 2.79. The molecule has 0 aromatic carbocycles. The van der Waals surface area contributed by atoms with E-state index in [0.717, 1.165) is 50.6 Å². The van der Waals surface area contributed by atoms with Crippen molar-refractivity contribution in [3.05, 3.63) is 0 Å². The molecule has 0 aromatic heterocycles. The van der Waals surface area contributed by atoms with Crippen LogP contribution in [-0.2, 0) is 9.59 Å². The number of carbonyl (C=O) groups is 2. The first-order valence-electron chi connectivity index (χ1n) is 15.2. The van der Waals surface area contributed by atoms with Gasteiger partial charge in [0, 0.05) is 30.5 Å². The van der Waals surface area contributed by atoms with Crippen molar-refractivity contribution in [1.29, 1.82) is 0 Å². The van der Waals surface area contributed by atoms with Crippen LogP contribution in [0, 0.1) is 45.3 Å². The Morgan fingerprint density at radius 3 is 2.00 bits per heavy atom. The molecule has 7 fully saturated rings. The molecule has 2 aliphatic heterocycles. The van der Waals surface area contributed by atoms with E-state index in [-0.39, 0.29) is 11.8 Å². The summed E-state index contributed by atoms with van der Waals surface area (Å²) in [4.78, 5) is 32.4. The van der Waals surface area contributed by atoms with Crippen molar-refractivity contribution in [2.45, 2.75) is 117 Å². The van der Waals surface area contributed by atoms with Crippen LogP contribution in [0.4, 0.5) is 0 Å². The van der Waals surface area contributed by atoms with Gasteiger partial charge < -0.3 is 4.90 Å². The van der Waals surface area contributed by atoms with E-state index < -0.39 is 0 Å². The number of fused-ring (bicyclic) bond motifs is 2. The van der Waals surface area contributed by atoms with Crippen molar-refractivity contribution in [3.63, 3.8) is 0 Å². The van der Waals surface area contributed by atoms with Crippen LogP contribution in [0.1, 0.15) is 105 Å². The molecule has 5 aliphatic carbocycles. The van der Waals surface area contributed by atoms with E-state index >= 15 is 0 Å². The summed E-state index contributed by atoms with van der Waals surface area (Å²) in [6.45, 7) is 12.7. The molecule has 0 aromatic rings. The van der Waals surface area contributed by atoms with Crippen LogP contribution >= 0.6 is 0 Å². The van der Waals surface area contributed by atoms with Gasteiger partial charge in [-0.3, -0.25) is 14.5 Å². The number of amides is 1. The van der Waals surface area contributed by atoms with Gasteiger partial charge in [-0.15, -0.1) is 0 Å².